The maximum absolute atomic E-state index is 15.5. The summed E-state index contributed by atoms with van der Waals surface area (Å²) in [7, 11) is 1.83. The molecule has 2 aromatic carbocycles. The smallest absolute Gasteiger partial charge is 0.254 e. The number of anilines is 1. The zero-order valence-electron chi connectivity index (χ0n) is 20.3. The number of piperidine rings is 1. The normalized spacial score (nSPS) is 24.8. The van der Waals surface area contributed by atoms with Crippen LogP contribution < -0.4 is 11.1 Å². The van der Waals surface area contributed by atoms with Crippen LogP contribution in [0.3, 0.4) is 0 Å². The third-order valence-corrected chi connectivity index (χ3v) is 8.93. The number of halogens is 2. The molecular weight excluding hydrogens is 479 g/mol. The number of nitrogens with one attached hydrogen (secondary N) is 1. The summed E-state index contributed by atoms with van der Waals surface area (Å²) in [5.74, 6) is 0.395. The Hall–Kier alpha value is -3.10. The molecule has 7 rings (SSSR count). The molecule has 186 valence electrons. The van der Waals surface area contributed by atoms with Gasteiger partial charge < -0.3 is 25.1 Å². The molecule has 3 aliphatic rings. The second-order valence-electron chi connectivity index (χ2n) is 10.5. The topological polar surface area (TPSA) is 81.1 Å². The van der Waals surface area contributed by atoms with Crippen molar-refractivity contribution in [2.24, 2.45) is 18.7 Å². The molecular formula is C27H28ClFN6O. The van der Waals surface area contributed by atoms with Crippen molar-refractivity contribution >= 4 is 45.1 Å². The van der Waals surface area contributed by atoms with Crippen molar-refractivity contribution in [1.29, 1.82) is 0 Å². The fourth-order valence-electron chi connectivity index (χ4n) is 6.75. The van der Waals surface area contributed by atoms with Gasteiger partial charge in [0.15, 0.2) is 5.82 Å². The predicted molar refractivity (Wildman–Crippen MR) is 140 cm³/mol. The molecule has 36 heavy (non-hydrogen) atoms. The van der Waals surface area contributed by atoms with E-state index in [2.05, 4.69) is 22.9 Å². The first kappa shape index (κ1) is 22.1. The quantitative estimate of drug-likeness (QED) is 0.413. The van der Waals surface area contributed by atoms with Gasteiger partial charge in [-0.2, -0.15) is 0 Å². The summed E-state index contributed by atoms with van der Waals surface area (Å²) in [4.78, 5) is 20.1. The average Bonchev–Trinajstić information content (AvgIpc) is 3.61. The lowest BCUT2D eigenvalue weighted by atomic mass is 10.1. The maximum atomic E-state index is 15.5. The van der Waals surface area contributed by atoms with E-state index in [1.165, 1.54) is 6.07 Å². The Bertz CT molecular complexity index is 1570. The van der Waals surface area contributed by atoms with Gasteiger partial charge in [0, 0.05) is 43.2 Å². The van der Waals surface area contributed by atoms with Crippen molar-refractivity contribution in [3.05, 3.63) is 46.7 Å². The summed E-state index contributed by atoms with van der Waals surface area (Å²) in [6, 6.07) is 9.35. The minimum atomic E-state index is -0.446. The van der Waals surface area contributed by atoms with Crippen molar-refractivity contribution in [2.75, 3.05) is 18.4 Å². The molecule has 4 heterocycles. The minimum Gasteiger partial charge on any atom is -0.380 e. The minimum absolute atomic E-state index is 0.0175. The number of carbonyl (C=O) groups excluding carboxylic acids is 1. The number of nitrogens with zero attached hydrogens (tertiary/aromatic N) is 4. The summed E-state index contributed by atoms with van der Waals surface area (Å²) in [5.41, 5.74) is 10.4. The van der Waals surface area contributed by atoms with Gasteiger partial charge in [-0.3, -0.25) is 4.79 Å². The van der Waals surface area contributed by atoms with E-state index in [0.717, 1.165) is 48.1 Å². The van der Waals surface area contributed by atoms with Crippen molar-refractivity contribution < 1.29 is 9.18 Å². The molecule has 9 heteroatoms. The highest BCUT2D eigenvalue weighted by atomic mass is 35.5. The molecule has 7 nitrogen and oxygen atoms in total. The summed E-state index contributed by atoms with van der Waals surface area (Å²) < 4.78 is 19.6. The van der Waals surface area contributed by atoms with Gasteiger partial charge in [0.2, 0.25) is 0 Å². The van der Waals surface area contributed by atoms with Gasteiger partial charge in [0.25, 0.3) is 5.91 Å². The largest absolute Gasteiger partial charge is 0.380 e. The van der Waals surface area contributed by atoms with Gasteiger partial charge in [-0.15, -0.1) is 0 Å². The summed E-state index contributed by atoms with van der Waals surface area (Å²) in [6.07, 6.45) is 2.90. The summed E-state index contributed by atoms with van der Waals surface area (Å²) >= 11 is 6.51. The third-order valence-electron chi connectivity index (χ3n) is 8.61. The van der Waals surface area contributed by atoms with E-state index in [1.807, 2.05) is 24.1 Å². The van der Waals surface area contributed by atoms with Crippen molar-refractivity contribution in [3.8, 4) is 11.5 Å². The average molecular weight is 507 g/mol. The van der Waals surface area contributed by atoms with Gasteiger partial charge in [0.05, 0.1) is 33.5 Å². The molecule has 2 aromatic heterocycles. The van der Waals surface area contributed by atoms with Crippen LogP contribution in [0.1, 0.15) is 42.6 Å². The van der Waals surface area contributed by atoms with Crippen LogP contribution in [-0.2, 0) is 7.05 Å². The van der Waals surface area contributed by atoms with Crippen LogP contribution >= 0.6 is 11.6 Å². The molecule has 1 amide bonds. The third kappa shape index (κ3) is 2.88. The van der Waals surface area contributed by atoms with Crippen LogP contribution in [0.5, 0.6) is 0 Å². The van der Waals surface area contributed by atoms with Crippen LogP contribution in [0.15, 0.2) is 30.3 Å². The van der Waals surface area contributed by atoms with Crippen LogP contribution in [0.25, 0.3) is 33.5 Å². The fraction of sp³-hybridized carbons (Fsp3) is 0.407. The number of carbonyl (C=O) groups is 1. The lowest BCUT2D eigenvalue weighted by molar-refractivity contribution is 0.0700. The van der Waals surface area contributed by atoms with E-state index in [-0.39, 0.29) is 24.0 Å². The Morgan fingerprint density at radius 2 is 2.08 bits per heavy atom. The molecule has 4 atom stereocenters. The van der Waals surface area contributed by atoms with E-state index < -0.39 is 5.82 Å². The van der Waals surface area contributed by atoms with Crippen LogP contribution in [0, 0.1) is 11.7 Å². The van der Waals surface area contributed by atoms with Crippen molar-refractivity contribution in [2.45, 2.75) is 44.3 Å². The molecule has 2 aliphatic heterocycles. The Kier molecular flexibility index (Phi) is 4.73. The molecule has 4 aromatic rings. The van der Waals surface area contributed by atoms with E-state index in [1.54, 1.807) is 10.6 Å². The number of hydrogen-bond donors (Lipinski definition) is 2. The molecule has 1 unspecified atom stereocenters. The molecule has 0 spiro atoms. The maximum Gasteiger partial charge on any atom is 0.254 e. The highest BCUT2D eigenvalue weighted by molar-refractivity contribution is 6.35. The molecule has 2 fully saturated rings. The first-order valence-corrected chi connectivity index (χ1v) is 13.0. The Morgan fingerprint density at radius 3 is 2.81 bits per heavy atom. The number of benzene rings is 2. The monoisotopic (exact) mass is 506 g/mol. The number of fused-ring (bicyclic) bond motifs is 3. The first-order chi connectivity index (χ1) is 17.4. The number of imidazole rings is 1. The molecule has 2 bridgehead atoms. The Balaban J connectivity index is 1.37. The zero-order chi connectivity index (χ0) is 24.9. The van der Waals surface area contributed by atoms with E-state index in [4.69, 9.17) is 22.3 Å². The number of rotatable bonds is 3. The molecule has 1 saturated heterocycles. The van der Waals surface area contributed by atoms with E-state index in [9.17, 15) is 4.79 Å². The second kappa shape index (κ2) is 7.70. The summed E-state index contributed by atoms with van der Waals surface area (Å²) in [6.45, 7) is 3.55. The number of aromatic nitrogens is 3. The SMILES string of the molecule is CCC1CNc2c(Cl)ccc3cc(-c4nc5cc(C(=O)N6C[C@H]7CC[C@@H]6[C@@H]7N)cc(F)c5n4C)n1c23. The highest BCUT2D eigenvalue weighted by Gasteiger charge is 2.47. The highest BCUT2D eigenvalue weighted by Crippen LogP contribution is 2.43. The van der Waals surface area contributed by atoms with E-state index >= 15 is 4.39 Å². The number of amides is 1. The van der Waals surface area contributed by atoms with Gasteiger partial charge in [-0.1, -0.05) is 24.6 Å². The van der Waals surface area contributed by atoms with Gasteiger partial charge >= 0.3 is 0 Å². The zero-order valence-corrected chi connectivity index (χ0v) is 21.0. The van der Waals surface area contributed by atoms with Gasteiger partial charge in [0.1, 0.15) is 11.3 Å². The number of aryl methyl sites for hydroxylation is 1. The molecule has 1 aliphatic carbocycles. The molecule has 1 saturated carbocycles. The lowest BCUT2D eigenvalue weighted by Gasteiger charge is -2.28. The van der Waals surface area contributed by atoms with Crippen molar-refractivity contribution in [3.63, 3.8) is 0 Å². The number of hydrogen-bond acceptors (Lipinski definition) is 4. The van der Waals surface area contributed by atoms with Gasteiger partial charge in [-0.25, -0.2) is 9.37 Å². The van der Waals surface area contributed by atoms with Crippen molar-refractivity contribution in [1.82, 2.24) is 19.0 Å². The number of likely N-dealkylation sites (tertiary alicyclic amines) is 1. The number of nitrogens with two attached hydrogens (primary N) is 1. The fourth-order valence-corrected chi connectivity index (χ4v) is 6.97. The molecule has 3 N–H and O–H groups in total. The van der Waals surface area contributed by atoms with Gasteiger partial charge in [-0.05, 0) is 49.4 Å². The standard InChI is InChI=1S/C27H28ClFN6O/c1-3-16-11-31-23-17(28)6-4-13-10-21(35(16)24(13)23)26-32-19-9-15(8-18(29)25(19)33(26)2)27(36)34-12-14-5-7-20(34)22(14)30/h4,6,8-10,14,16,20,22,31H,3,5,7,11-12,30H2,1-2H3/t14-,16?,20-,22-/m1/s1. The summed E-state index contributed by atoms with van der Waals surface area (Å²) in [5, 5.41) is 5.21. The Labute approximate surface area is 213 Å². The van der Waals surface area contributed by atoms with E-state index in [0.29, 0.717) is 39.9 Å². The van der Waals surface area contributed by atoms with Crippen LogP contribution in [-0.4, -0.2) is 50.1 Å². The second-order valence-corrected chi connectivity index (χ2v) is 10.9. The first-order valence-electron chi connectivity index (χ1n) is 12.7. The van der Waals surface area contributed by atoms with Crippen LogP contribution in [0.2, 0.25) is 5.02 Å². The lowest BCUT2D eigenvalue weighted by Crippen LogP contribution is -2.41. The Morgan fingerprint density at radius 1 is 1.25 bits per heavy atom. The predicted octanol–water partition coefficient (Wildman–Crippen LogP) is 4.93. The molecule has 0 radical (unpaired) electrons. The van der Waals surface area contributed by atoms with Crippen LogP contribution in [0.4, 0.5) is 10.1 Å².